The van der Waals surface area contributed by atoms with Crippen LogP contribution in [0, 0.1) is 0 Å². The van der Waals surface area contributed by atoms with Gasteiger partial charge in [-0.3, -0.25) is 14.7 Å². The number of likely N-dealkylation sites (tertiary alicyclic amines) is 1. The van der Waals surface area contributed by atoms with Gasteiger partial charge in [0.05, 0.1) is 6.04 Å². The van der Waals surface area contributed by atoms with Crippen LogP contribution >= 0.6 is 0 Å². The number of hydrogen-bond donors (Lipinski definition) is 0. The van der Waals surface area contributed by atoms with Gasteiger partial charge in [-0.15, -0.1) is 0 Å². The molecule has 0 spiro atoms. The van der Waals surface area contributed by atoms with Gasteiger partial charge in [0.25, 0.3) is 5.91 Å². The number of pyridine rings is 1. The lowest BCUT2D eigenvalue weighted by atomic mass is 10.1. The van der Waals surface area contributed by atoms with Gasteiger partial charge in [0.1, 0.15) is 5.76 Å². The van der Waals surface area contributed by atoms with Crippen LogP contribution in [0.4, 0.5) is 5.69 Å². The molecule has 0 unspecified atom stereocenters. The molecular formula is C21H28N4O2. The van der Waals surface area contributed by atoms with Crippen LogP contribution < -0.4 is 4.90 Å². The standard InChI is InChI=1S/C21H28N4O2/c1-17(23-11-3-2-4-12-23)19-5-6-20(27-19)21(26)25-15-13-24(14-16-25)18-7-9-22-10-8-18/h5-10,17H,2-4,11-16H2,1H3/t17-/m0/s1. The zero-order valence-electron chi connectivity index (χ0n) is 16.0. The summed E-state index contributed by atoms with van der Waals surface area (Å²) in [5.41, 5.74) is 1.16. The van der Waals surface area contributed by atoms with E-state index in [1.165, 1.54) is 19.3 Å². The molecule has 2 aliphatic rings. The van der Waals surface area contributed by atoms with E-state index in [9.17, 15) is 4.79 Å². The largest absolute Gasteiger partial charge is 0.454 e. The van der Waals surface area contributed by atoms with E-state index >= 15 is 0 Å². The van der Waals surface area contributed by atoms with Crippen molar-refractivity contribution in [2.75, 3.05) is 44.2 Å². The lowest BCUT2D eigenvalue weighted by Crippen LogP contribution is -2.48. The third-order valence-corrected chi connectivity index (χ3v) is 5.78. The molecule has 0 aromatic carbocycles. The summed E-state index contributed by atoms with van der Waals surface area (Å²) in [6.07, 6.45) is 7.43. The van der Waals surface area contributed by atoms with E-state index in [0.29, 0.717) is 18.8 Å². The Hall–Kier alpha value is -2.34. The van der Waals surface area contributed by atoms with E-state index in [1.54, 1.807) is 12.4 Å². The highest BCUT2D eigenvalue weighted by Gasteiger charge is 2.26. The first-order valence-electron chi connectivity index (χ1n) is 10.0. The Bertz CT molecular complexity index is 747. The predicted molar refractivity (Wildman–Crippen MR) is 105 cm³/mol. The molecule has 2 fully saturated rings. The second-order valence-corrected chi connectivity index (χ2v) is 7.46. The Labute approximate surface area is 160 Å². The number of piperidine rings is 1. The third kappa shape index (κ3) is 4.00. The van der Waals surface area contributed by atoms with E-state index in [4.69, 9.17) is 4.42 Å². The van der Waals surface area contributed by atoms with E-state index in [0.717, 1.165) is 37.6 Å². The minimum absolute atomic E-state index is 0.00136. The van der Waals surface area contributed by atoms with Gasteiger partial charge >= 0.3 is 0 Å². The summed E-state index contributed by atoms with van der Waals surface area (Å²) in [4.78, 5) is 23.5. The first-order chi connectivity index (χ1) is 13.2. The van der Waals surface area contributed by atoms with Gasteiger partial charge in [0, 0.05) is 44.3 Å². The fraction of sp³-hybridized carbons (Fsp3) is 0.524. The molecule has 4 heterocycles. The smallest absolute Gasteiger partial charge is 0.289 e. The third-order valence-electron chi connectivity index (χ3n) is 5.78. The van der Waals surface area contributed by atoms with E-state index in [1.807, 2.05) is 29.2 Å². The molecule has 0 aliphatic carbocycles. The van der Waals surface area contributed by atoms with Gasteiger partial charge < -0.3 is 14.2 Å². The summed E-state index contributed by atoms with van der Waals surface area (Å²) < 4.78 is 5.97. The maximum absolute atomic E-state index is 12.8. The number of amides is 1. The molecule has 2 aromatic heterocycles. The number of carbonyl (C=O) groups excluding carboxylic acids is 1. The normalized spacial score (nSPS) is 19.9. The van der Waals surface area contributed by atoms with Crippen molar-refractivity contribution in [2.45, 2.75) is 32.2 Å². The highest BCUT2D eigenvalue weighted by molar-refractivity contribution is 5.91. The topological polar surface area (TPSA) is 52.8 Å². The average molecular weight is 368 g/mol. The fourth-order valence-electron chi connectivity index (χ4n) is 4.06. The maximum atomic E-state index is 12.8. The average Bonchev–Trinajstić information content (AvgIpc) is 3.24. The minimum Gasteiger partial charge on any atom is -0.454 e. The number of anilines is 1. The highest BCUT2D eigenvalue weighted by Crippen LogP contribution is 2.26. The Morgan fingerprint density at radius 2 is 1.67 bits per heavy atom. The Kier molecular flexibility index (Phi) is 5.43. The molecule has 144 valence electrons. The molecule has 4 rings (SSSR count). The van der Waals surface area contributed by atoms with Gasteiger partial charge in [-0.25, -0.2) is 0 Å². The molecule has 0 saturated carbocycles. The molecule has 1 amide bonds. The number of piperazine rings is 1. The summed E-state index contributed by atoms with van der Waals surface area (Å²) in [6.45, 7) is 7.47. The van der Waals surface area contributed by atoms with Crippen molar-refractivity contribution in [2.24, 2.45) is 0 Å². The lowest BCUT2D eigenvalue weighted by molar-refractivity contribution is 0.0707. The van der Waals surface area contributed by atoms with Crippen LogP contribution in [0.2, 0.25) is 0 Å². The number of aromatic nitrogens is 1. The highest BCUT2D eigenvalue weighted by atomic mass is 16.4. The molecule has 1 atom stereocenters. The maximum Gasteiger partial charge on any atom is 0.289 e. The van der Waals surface area contributed by atoms with Crippen LogP contribution in [0.25, 0.3) is 0 Å². The number of nitrogens with zero attached hydrogens (tertiary/aromatic N) is 4. The van der Waals surface area contributed by atoms with E-state index in [-0.39, 0.29) is 11.9 Å². The van der Waals surface area contributed by atoms with Crippen LogP contribution in [0.3, 0.4) is 0 Å². The molecule has 0 N–H and O–H groups in total. The summed E-state index contributed by atoms with van der Waals surface area (Å²) in [7, 11) is 0. The zero-order chi connectivity index (χ0) is 18.6. The number of hydrogen-bond acceptors (Lipinski definition) is 5. The number of furan rings is 1. The van der Waals surface area contributed by atoms with Crippen molar-refractivity contribution in [1.29, 1.82) is 0 Å². The SMILES string of the molecule is C[C@@H](c1ccc(C(=O)N2CCN(c3ccncc3)CC2)o1)N1CCCCC1. The summed E-state index contributed by atoms with van der Waals surface area (Å²) >= 11 is 0. The van der Waals surface area contributed by atoms with Gasteiger partial charge in [-0.05, 0) is 57.1 Å². The molecule has 2 saturated heterocycles. The molecule has 0 radical (unpaired) electrons. The predicted octanol–water partition coefficient (Wildman–Crippen LogP) is 3.18. The number of carbonyl (C=O) groups is 1. The van der Waals surface area contributed by atoms with Crippen molar-refractivity contribution >= 4 is 11.6 Å². The molecule has 2 aliphatic heterocycles. The fourth-order valence-corrected chi connectivity index (χ4v) is 4.06. The van der Waals surface area contributed by atoms with Crippen LogP contribution in [0.15, 0.2) is 41.1 Å². The van der Waals surface area contributed by atoms with Crippen molar-refractivity contribution in [3.05, 3.63) is 48.2 Å². The molecule has 6 heteroatoms. The van der Waals surface area contributed by atoms with Gasteiger partial charge in [0.15, 0.2) is 5.76 Å². The minimum atomic E-state index is 0.00136. The van der Waals surface area contributed by atoms with Gasteiger partial charge in [-0.1, -0.05) is 6.42 Å². The summed E-state index contributed by atoms with van der Waals surface area (Å²) in [5.74, 6) is 1.36. The monoisotopic (exact) mass is 368 g/mol. The Balaban J connectivity index is 1.36. The molecule has 0 bridgehead atoms. The van der Waals surface area contributed by atoms with Crippen LogP contribution in [0.5, 0.6) is 0 Å². The number of rotatable bonds is 4. The molecule has 27 heavy (non-hydrogen) atoms. The molecular weight excluding hydrogens is 340 g/mol. The van der Waals surface area contributed by atoms with Crippen LogP contribution in [-0.2, 0) is 0 Å². The summed E-state index contributed by atoms with van der Waals surface area (Å²) in [6, 6.07) is 8.07. The summed E-state index contributed by atoms with van der Waals surface area (Å²) in [5, 5.41) is 0. The van der Waals surface area contributed by atoms with Crippen molar-refractivity contribution in [3.8, 4) is 0 Å². The van der Waals surface area contributed by atoms with Crippen LogP contribution in [0.1, 0.15) is 48.5 Å². The quantitative estimate of drug-likeness (QED) is 0.830. The Morgan fingerprint density at radius 3 is 2.37 bits per heavy atom. The zero-order valence-corrected chi connectivity index (χ0v) is 16.0. The van der Waals surface area contributed by atoms with Crippen molar-refractivity contribution < 1.29 is 9.21 Å². The van der Waals surface area contributed by atoms with Gasteiger partial charge in [-0.2, -0.15) is 0 Å². The molecule has 6 nitrogen and oxygen atoms in total. The van der Waals surface area contributed by atoms with Gasteiger partial charge in [0.2, 0.25) is 0 Å². The molecule has 2 aromatic rings. The first kappa shape index (κ1) is 18.0. The van der Waals surface area contributed by atoms with Crippen molar-refractivity contribution in [3.63, 3.8) is 0 Å². The van der Waals surface area contributed by atoms with Crippen molar-refractivity contribution in [1.82, 2.24) is 14.8 Å². The second kappa shape index (κ2) is 8.13. The van der Waals surface area contributed by atoms with E-state index < -0.39 is 0 Å². The van der Waals surface area contributed by atoms with Crippen LogP contribution in [-0.4, -0.2) is 60.0 Å². The van der Waals surface area contributed by atoms with E-state index in [2.05, 4.69) is 21.7 Å². The lowest BCUT2D eigenvalue weighted by Gasteiger charge is -2.35. The Morgan fingerprint density at radius 1 is 0.963 bits per heavy atom. The second-order valence-electron chi connectivity index (χ2n) is 7.46. The first-order valence-corrected chi connectivity index (χ1v) is 10.0.